The molecule has 0 aliphatic carbocycles. The van der Waals surface area contributed by atoms with Crippen molar-refractivity contribution in [3.8, 4) is 0 Å². The molecule has 5 rings (SSSR count). The number of ketones is 1. The van der Waals surface area contributed by atoms with Gasteiger partial charge < -0.3 is 19.3 Å². The molecule has 3 aromatic rings. The van der Waals surface area contributed by atoms with Crippen LogP contribution < -0.4 is 4.90 Å². The molecule has 0 spiro atoms. The Hall–Kier alpha value is -3.65. The van der Waals surface area contributed by atoms with Crippen molar-refractivity contribution in [1.82, 2.24) is 19.4 Å². The van der Waals surface area contributed by atoms with Gasteiger partial charge in [0.05, 0.1) is 17.6 Å². The van der Waals surface area contributed by atoms with E-state index in [2.05, 4.69) is 16.5 Å². The zero-order valence-corrected chi connectivity index (χ0v) is 23.5. The van der Waals surface area contributed by atoms with Crippen molar-refractivity contribution in [3.05, 3.63) is 70.5 Å². The first-order chi connectivity index (χ1) is 18.7. The number of aryl methyl sites for hydroxylation is 2. The van der Waals surface area contributed by atoms with E-state index in [0.29, 0.717) is 56.3 Å². The Morgan fingerprint density at radius 2 is 1.77 bits per heavy atom. The van der Waals surface area contributed by atoms with Crippen LogP contribution in [0.25, 0.3) is 10.9 Å². The lowest BCUT2D eigenvalue weighted by Crippen LogP contribution is -2.50. The van der Waals surface area contributed by atoms with E-state index in [9.17, 15) is 14.4 Å². The third-order valence-corrected chi connectivity index (χ3v) is 8.08. The van der Waals surface area contributed by atoms with Crippen LogP contribution in [0.1, 0.15) is 33.6 Å². The van der Waals surface area contributed by atoms with Crippen LogP contribution in [-0.4, -0.2) is 76.2 Å². The number of hydrogen-bond acceptors (Lipinski definition) is 5. The Balaban J connectivity index is 1.35. The quantitative estimate of drug-likeness (QED) is 0.415. The molecule has 0 saturated carbocycles. The highest BCUT2D eigenvalue weighted by Gasteiger charge is 2.32. The van der Waals surface area contributed by atoms with E-state index in [1.165, 1.54) is 6.08 Å². The number of halogens is 1. The van der Waals surface area contributed by atoms with E-state index < -0.39 is 0 Å². The summed E-state index contributed by atoms with van der Waals surface area (Å²) < 4.78 is 1.97. The van der Waals surface area contributed by atoms with Gasteiger partial charge in [0.1, 0.15) is 5.82 Å². The Kier molecular flexibility index (Phi) is 7.49. The van der Waals surface area contributed by atoms with Crippen LogP contribution in [0.5, 0.6) is 0 Å². The number of anilines is 1. The summed E-state index contributed by atoms with van der Waals surface area (Å²) in [5.74, 6) is 1.01. The van der Waals surface area contributed by atoms with E-state index in [1.807, 2.05) is 60.7 Å². The third kappa shape index (κ3) is 5.30. The van der Waals surface area contributed by atoms with Crippen molar-refractivity contribution in [2.75, 3.05) is 44.2 Å². The minimum atomic E-state index is -0.0995. The molecule has 2 aromatic heterocycles. The topological polar surface area (TPSA) is 78.8 Å². The van der Waals surface area contributed by atoms with Gasteiger partial charge in [-0.15, -0.1) is 0 Å². The Morgan fingerprint density at radius 3 is 2.41 bits per heavy atom. The highest BCUT2D eigenvalue weighted by Crippen LogP contribution is 2.33. The van der Waals surface area contributed by atoms with E-state index in [1.54, 1.807) is 4.90 Å². The van der Waals surface area contributed by atoms with Crippen molar-refractivity contribution in [3.63, 3.8) is 0 Å². The zero-order valence-electron chi connectivity index (χ0n) is 22.7. The first-order valence-electron chi connectivity index (χ1n) is 13.3. The number of carbonyl (C=O) groups excluding carboxylic acids is 3. The minimum Gasteiger partial charge on any atom is -0.353 e. The summed E-state index contributed by atoms with van der Waals surface area (Å²) >= 11 is 6.44. The molecule has 0 N–H and O–H groups in total. The number of Topliss-reactive ketones (excluding diaryl/α,β-unsaturated/α-hetero) is 1. The number of amides is 2. The van der Waals surface area contributed by atoms with Gasteiger partial charge in [0.15, 0.2) is 5.78 Å². The number of nitrogens with zero attached hydrogens (tertiary/aromatic N) is 5. The number of aromatic nitrogens is 2. The number of benzene rings is 1. The molecular formula is C30H34ClN5O3. The molecule has 0 unspecified atom stereocenters. The molecule has 0 atom stereocenters. The molecule has 204 valence electrons. The van der Waals surface area contributed by atoms with E-state index >= 15 is 0 Å². The highest BCUT2D eigenvalue weighted by molar-refractivity contribution is 6.31. The lowest BCUT2D eigenvalue weighted by atomic mass is 9.94. The molecule has 1 aromatic carbocycles. The monoisotopic (exact) mass is 547 g/mol. The lowest BCUT2D eigenvalue weighted by Gasteiger charge is -2.38. The van der Waals surface area contributed by atoms with Crippen molar-refractivity contribution in [2.24, 2.45) is 5.92 Å². The first kappa shape index (κ1) is 26.9. The Bertz CT molecular complexity index is 1450. The molecule has 9 heteroatoms. The Morgan fingerprint density at radius 1 is 1.05 bits per heavy atom. The van der Waals surface area contributed by atoms with Crippen LogP contribution >= 0.6 is 11.6 Å². The van der Waals surface area contributed by atoms with E-state index in [4.69, 9.17) is 11.6 Å². The van der Waals surface area contributed by atoms with Crippen LogP contribution in [0.3, 0.4) is 0 Å². The van der Waals surface area contributed by atoms with Crippen LogP contribution in [0.4, 0.5) is 5.82 Å². The predicted octanol–water partition coefficient (Wildman–Crippen LogP) is 4.18. The number of piperazine rings is 1. The lowest BCUT2D eigenvalue weighted by molar-refractivity contribution is -0.134. The second kappa shape index (κ2) is 10.8. The predicted molar refractivity (Wildman–Crippen MR) is 153 cm³/mol. The van der Waals surface area contributed by atoms with Crippen LogP contribution in [0, 0.1) is 26.7 Å². The van der Waals surface area contributed by atoms with Crippen LogP contribution in [0.15, 0.2) is 43.1 Å². The van der Waals surface area contributed by atoms with Crippen LogP contribution in [0.2, 0.25) is 5.02 Å². The van der Waals surface area contributed by atoms with Gasteiger partial charge in [-0.25, -0.2) is 4.98 Å². The van der Waals surface area contributed by atoms with Gasteiger partial charge in [-0.3, -0.25) is 14.4 Å². The number of hydrogen-bond donors (Lipinski definition) is 0. The molecule has 0 radical (unpaired) electrons. The SMILES string of the molecule is C=CC(=O)N1CC(CC(=O)Cn2c(C)c(C(=O)N3CCN(c4ccc(C)cn4)CC3)c3cc(Cl)cc(C)c32)C1. The molecule has 2 amide bonds. The van der Waals surface area contributed by atoms with E-state index in [-0.39, 0.29) is 30.1 Å². The normalized spacial score (nSPS) is 15.9. The molecule has 8 nitrogen and oxygen atoms in total. The largest absolute Gasteiger partial charge is 0.353 e. The smallest absolute Gasteiger partial charge is 0.256 e. The summed E-state index contributed by atoms with van der Waals surface area (Å²) in [4.78, 5) is 49.1. The van der Waals surface area contributed by atoms with Gasteiger partial charge in [-0.2, -0.15) is 0 Å². The van der Waals surface area contributed by atoms with Gasteiger partial charge in [0.25, 0.3) is 5.91 Å². The average Bonchev–Trinajstić information content (AvgIpc) is 3.16. The fourth-order valence-corrected chi connectivity index (χ4v) is 6.04. The number of pyridine rings is 1. The molecule has 2 fully saturated rings. The van der Waals surface area contributed by atoms with E-state index in [0.717, 1.165) is 33.5 Å². The summed E-state index contributed by atoms with van der Waals surface area (Å²) in [6.45, 7) is 13.3. The van der Waals surface area contributed by atoms with Crippen molar-refractivity contribution in [2.45, 2.75) is 33.7 Å². The molecule has 39 heavy (non-hydrogen) atoms. The second-order valence-corrected chi connectivity index (χ2v) is 11.1. The fourth-order valence-electron chi connectivity index (χ4n) is 5.76. The van der Waals surface area contributed by atoms with Crippen LogP contribution in [-0.2, 0) is 16.1 Å². The number of fused-ring (bicyclic) bond motifs is 1. The Labute approximate surface area is 233 Å². The van der Waals surface area contributed by atoms with Gasteiger partial charge in [-0.1, -0.05) is 24.2 Å². The van der Waals surface area contributed by atoms with Gasteiger partial charge in [0, 0.05) is 73.9 Å². The van der Waals surface area contributed by atoms with Gasteiger partial charge in [0.2, 0.25) is 5.91 Å². The second-order valence-electron chi connectivity index (χ2n) is 10.7. The number of likely N-dealkylation sites (tertiary alicyclic amines) is 1. The summed E-state index contributed by atoms with van der Waals surface area (Å²) in [5.41, 5.74) is 4.29. The average molecular weight is 548 g/mol. The zero-order chi connectivity index (χ0) is 27.8. The molecule has 4 heterocycles. The summed E-state index contributed by atoms with van der Waals surface area (Å²) in [6.07, 6.45) is 3.56. The molecular weight excluding hydrogens is 514 g/mol. The van der Waals surface area contributed by atoms with Gasteiger partial charge in [-0.05, 0) is 56.2 Å². The molecule has 2 saturated heterocycles. The standard InChI is InChI=1S/C30H34ClN5O3/c1-5-27(38)35-16-22(17-35)13-24(37)18-36-21(4)28(25-14-23(31)12-20(3)29(25)36)30(39)34-10-8-33(9-11-34)26-7-6-19(2)15-32-26/h5-7,12,14-15,22H,1,8-11,13,16-18H2,2-4H3. The van der Waals surface area contributed by atoms with Crippen molar-refractivity contribution < 1.29 is 14.4 Å². The summed E-state index contributed by atoms with van der Waals surface area (Å²) in [5, 5.41) is 1.35. The maximum absolute atomic E-state index is 13.9. The minimum absolute atomic E-state index is 0.0422. The number of rotatable bonds is 7. The maximum atomic E-state index is 13.9. The third-order valence-electron chi connectivity index (χ3n) is 7.87. The summed E-state index contributed by atoms with van der Waals surface area (Å²) in [6, 6.07) is 7.77. The molecule has 2 aliphatic heterocycles. The maximum Gasteiger partial charge on any atom is 0.256 e. The molecule has 2 aliphatic rings. The van der Waals surface area contributed by atoms with Crippen molar-refractivity contribution in [1.29, 1.82) is 0 Å². The number of carbonyl (C=O) groups is 3. The molecule has 0 bridgehead atoms. The van der Waals surface area contributed by atoms with Gasteiger partial charge >= 0.3 is 0 Å². The van der Waals surface area contributed by atoms with Crippen molar-refractivity contribution >= 4 is 45.9 Å². The highest BCUT2D eigenvalue weighted by atomic mass is 35.5. The fraction of sp³-hybridized carbons (Fsp3) is 0.400. The first-order valence-corrected chi connectivity index (χ1v) is 13.7. The summed E-state index contributed by atoms with van der Waals surface area (Å²) in [7, 11) is 0.